The summed E-state index contributed by atoms with van der Waals surface area (Å²) in [5, 5.41) is 4.64. The number of anilines is 2. The number of aromatic nitrogens is 1. The molecule has 0 atom stereocenters. The highest BCUT2D eigenvalue weighted by molar-refractivity contribution is 7.22. The van der Waals surface area contributed by atoms with Gasteiger partial charge in [-0.25, -0.2) is 9.37 Å². The van der Waals surface area contributed by atoms with Crippen molar-refractivity contribution < 1.29 is 4.39 Å². The highest BCUT2D eigenvalue weighted by atomic mass is 35.5. The molecule has 0 aliphatic heterocycles. The van der Waals surface area contributed by atoms with Gasteiger partial charge in [0.1, 0.15) is 5.82 Å². The Morgan fingerprint density at radius 1 is 1.21 bits per heavy atom. The lowest BCUT2D eigenvalue weighted by molar-refractivity contribution is 0.619. The molecule has 0 radical (unpaired) electrons. The van der Waals surface area contributed by atoms with Crippen molar-refractivity contribution in [1.82, 2.24) is 4.98 Å². The van der Waals surface area contributed by atoms with E-state index in [1.807, 2.05) is 18.2 Å². The standard InChI is InChI=1S/C14H10ClFN2S/c1-8-6-10(3-4-11(8)16)17-14-18-12-5-2-9(15)7-13(12)19-14/h2-7H,1H3,(H,17,18). The number of hydrogen-bond acceptors (Lipinski definition) is 3. The molecule has 0 saturated carbocycles. The zero-order valence-corrected chi connectivity index (χ0v) is 11.6. The van der Waals surface area contributed by atoms with E-state index in [-0.39, 0.29) is 5.82 Å². The molecular formula is C14H10ClFN2S. The monoisotopic (exact) mass is 292 g/mol. The molecule has 0 saturated heterocycles. The van der Waals surface area contributed by atoms with Gasteiger partial charge in [0.2, 0.25) is 0 Å². The first-order valence-electron chi connectivity index (χ1n) is 5.71. The van der Waals surface area contributed by atoms with Gasteiger partial charge in [0, 0.05) is 10.7 Å². The summed E-state index contributed by atoms with van der Waals surface area (Å²) in [5.41, 5.74) is 2.33. The molecular weight excluding hydrogens is 283 g/mol. The van der Waals surface area contributed by atoms with Gasteiger partial charge in [-0.15, -0.1) is 0 Å². The Balaban J connectivity index is 1.94. The lowest BCUT2D eigenvalue weighted by atomic mass is 10.2. The molecule has 3 aromatic rings. The quantitative estimate of drug-likeness (QED) is 0.707. The predicted octanol–water partition coefficient (Wildman–Crippen LogP) is 5.14. The molecule has 1 heterocycles. The van der Waals surface area contributed by atoms with Crippen LogP contribution in [0.3, 0.4) is 0 Å². The SMILES string of the molecule is Cc1cc(Nc2nc3ccc(Cl)cc3s2)ccc1F. The molecule has 0 amide bonds. The number of thiazole rings is 1. The van der Waals surface area contributed by atoms with E-state index in [9.17, 15) is 4.39 Å². The van der Waals surface area contributed by atoms with Crippen LogP contribution in [0.5, 0.6) is 0 Å². The van der Waals surface area contributed by atoms with E-state index in [2.05, 4.69) is 10.3 Å². The minimum Gasteiger partial charge on any atom is -0.332 e. The van der Waals surface area contributed by atoms with Crippen LogP contribution in [-0.4, -0.2) is 4.98 Å². The molecule has 2 aromatic carbocycles. The fourth-order valence-electron chi connectivity index (χ4n) is 1.80. The van der Waals surface area contributed by atoms with Crippen molar-refractivity contribution in [2.24, 2.45) is 0 Å². The Labute approximate surface area is 118 Å². The van der Waals surface area contributed by atoms with E-state index >= 15 is 0 Å². The Morgan fingerprint density at radius 3 is 2.84 bits per heavy atom. The Kier molecular flexibility index (Phi) is 3.12. The average Bonchev–Trinajstić information content (AvgIpc) is 2.75. The Bertz CT molecular complexity index is 754. The van der Waals surface area contributed by atoms with Gasteiger partial charge in [-0.05, 0) is 48.9 Å². The third kappa shape index (κ3) is 2.55. The minimum atomic E-state index is -0.207. The van der Waals surface area contributed by atoms with Crippen LogP contribution in [0, 0.1) is 12.7 Å². The molecule has 2 nitrogen and oxygen atoms in total. The van der Waals surface area contributed by atoms with Crippen LogP contribution in [0.4, 0.5) is 15.2 Å². The van der Waals surface area contributed by atoms with E-state index in [1.54, 1.807) is 19.1 Å². The van der Waals surface area contributed by atoms with Gasteiger partial charge in [0.05, 0.1) is 10.2 Å². The van der Waals surface area contributed by atoms with Gasteiger partial charge >= 0.3 is 0 Å². The Morgan fingerprint density at radius 2 is 2.05 bits per heavy atom. The smallest absolute Gasteiger partial charge is 0.188 e. The number of aryl methyl sites for hydroxylation is 1. The van der Waals surface area contributed by atoms with Gasteiger partial charge in [0.15, 0.2) is 5.13 Å². The van der Waals surface area contributed by atoms with Crippen molar-refractivity contribution in [2.45, 2.75) is 6.92 Å². The van der Waals surface area contributed by atoms with Crippen LogP contribution in [-0.2, 0) is 0 Å². The summed E-state index contributed by atoms with van der Waals surface area (Å²) >= 11 is 7.46. The molecule has 0 spiro atoms. The minimum absolute atomic E-state index is 0.207. The number of halogens is 2. The van der Waals surface area contributed by atoms with Crippen molar-refractivity contribution in [3.8, 4) is 0 Å². The molecule has 0 bridgehead atoms. The second-order valence-corrected chi connectivity index (χ2v) is 5.69. The summed E-state index contributed by atoms with van der Waals surface area (Å²) in [4.78, 5) is 4.46. The number of nitrogens with one attached hydrogen (secondary N) is 1. The summed E-state index contributed by atoms with van der Waals surface area (Å²) in [6.07, 6.45) is 0. The van der Waals surface area contributed by atoms with Gasteiger partial charge < -0.3 is 5.32 Å². The van der Waals surface area contributed by atoms with Gasteiger partial charge in [-0.3, -0.25) is 0 Å². The van der Waals surface area contributed by atoms with Crippen molar-refractivity contribution >= 4 is 44.0 Å². The highest BCUT2D eigenvalue weighted by Gasteiger charge is 2.05. The first-order valence-corrected chi connectivity index (χ1v) is 6.90. The molecule has 0 aliphatic carbocycles. The third-order valence-corrected chi connectivity index (χ3v) is 3.93. The van der Waals surface area contributed by atoms with Crippen LogP contribution in [0.1, 0.15) is 5.56 Å². The zero-order valence-electron chi connectivity index (χ0n) is 10.1. The molecule has 1 aromatic heterocycles. The zero-order chi connectivity index (χ0) is 13.4. The average molecular weight is 293 g/mol. The first-order chi connectivity index (χ1) is 9.11. The summed E-state index contributed by atoms with van der Waals surface area (Å²) in [5.74, 6) is -0.207. The molecule has 0 unspecified atom stereocenters. The number of benzene rings is 2. The van der Waals surface area contributed by atoms with E-state index in [1.165, 1.54) is 17.4 Å². The van der Waals surface area contributed by atoms with Crippen LogP contribution in [0.15, 0.2) is 36.4 Å². The summed E-state index contributed by atoms with van der Waals surface area (Å²) in [6.45, 7) is 1.73. The van der Waals surface area contributed by atoms with Gasteiger partial charge in [-0.1, -0.05) is 22.9 Å². The first kappa shape index (κ1) is 12.4. The summed E-state index contributed by atoms with van der Waals surface area (Å²) < 4.78 is 14.2. The van der Waals surface area contributed by atoms with Crippen molar-refractivity contribution in [3.63, 3.8) is 0 Å². The summed E-state index contributed by atoms with van der Waals surface area (Å²) in [7, 11) is 0. The van der Waals surface area contributed by atoms with E-state index in [0.29, 0.717) is 10.6 Å². The van der Waals surface area contributed by atoms with Crippen LogP contribution in [0.25, 0.3) is 10.2 Å². The maximum absolute atomic E-state index is 13.2. The highest BCUT2D eigenvalue weighted by Crippen LogP contribution is 2.30. The number of rotatable bonds is 2. The molecule has 96 valence electrons. The van der Waals surface area contributed by atoms with Crippen LogP contribution in [0.2, 0.25) is 5.02 Å². The van der Waals surface area contributed by atoms with Crippen molar-refractivity contribution in [3.05, 3.63) is 52.8 Å². The number of nitrogens with zero attached hydrogens (tertiary/aromatic N) is 1. The molecule has 0 fully saturated rings. The largest absolute Gasteiger partial charge is 0.332 e. The van der Waals surface area contributed by atoms with E-state index in [4.69, 9.17) is 11.6 Å². The lowest BCUT2D eigenvalue weighted by Gasteiger charge is -2.03. The fraction of sp³-hybridized carbons (Fsp3) is 0.0714. The number of hydrogen-bond donors (Lipinski definition) is 1. The van der Waals surface area contributed by atoms with Crippen LogP contribution < -0.4 is 5.32 Å². The van der Waals surface area contributed by atoms with E-state index in [0.717, 1.165) is 21.0 Å². The number of fused-ring (bicyclic) bond motifs is 1. The maximum Gasteiger partial charge on any atom is 0.188 e. The van der Waals surface area contributed by atoms with Crippen molar-refractivity contribution in [2.75, 3.05) is 5.32 Å². The summed E-state index contributed by atoms with van der Waals surface area (Å²) in [6, 6.07) is 10.5. The maximum atomic E-state index is 13.2. The normalized spacial score (nSPS) is 10.9. The molecule has 0 aliphatic rings. The lowest BCUT2D eigenvalue weighted by Crippen LogP contribution is -1.91. The van der Waals surface area contributed by atoms with Gasteiger partial charge in [-0.2, -0.15) is 0 Å². The van der Waals surface area contributed by atoms with Crippen molar-refractivity contribution in [1.29, 1.82) is 0 Å². The van der Waals surface area contributed by atoms with E-state index < -0.39 is 0 Å². The molecule has 5 heteroatoms. The van der Waals surface area contributed by atoms with Crippen LogP contribution >= 0.6 is 22.9 Å². The second-order valence-electron chi connectivity index (χ2n) is 4.22. The predicted molar refractivity (Wildman–Crippen MR) is 79.0 cm³/mol. The molecule has 19 heavy (non-hydrogen) atoms. The second kappa shape index (κ2) is 4.79. The third-order valence-electron chi connectivity index (χ3n) is 2.76. The molecule has 3 rings (SSSR count). The Hall–Kier alpha value is -1.65. The topological polar surface area (TPSA) is 24.9 Å². The molecule has 1 N–H and O–H groups in total. The van der Waals surface area contributed by atoms with Gasteiger partial charge in [0.25, 0.3) is 0 Å². The fourth-order valence-corrected chi connectivity index (χ4v) is 2.96.